The van der Waals surface area contributed by atoms with E-state index in [1.807, 2.05) is 6.92 Å². The molecule has 0 aliphatic carbocycles. The quantitative estimate of drug-likeness (QED) is 0.732. The van der Waals surface area contributed by atoms with Crippen molar-refractivity contribution in [3.05, 3.63) is 18.6 Å². The van der Waals surface area contributed by atoms with Crippen LogP contribution >= 0.6 is 0 Å². The fraction of sp³-hybridized carbons (Fsp3) is 0.375. The number of carbonyl (C=O) groups excluding carboxylic acids is 1. The number of rotatable bonds is 4. The normalized spacial score (nSPS) is 9.62. The maximum absolute atomic E-state index is 11.1. The first-order valence-corrected chi connectivity index (χ1v) is 3.96. The summed E-state index contributed by atoms with van der Waals surface area (Å²) in [4.78, 5) is 18.7. The fourth-order valence-corrected chi connectivity index (χ4v) is 0.737. The van der Waals surface area contributed by atoms with Gasteiger partial charge in [0.15, 0.2) is 5.82 Å². The molecule has 1 aromatic heterocycles. The topological polar surface area (TPSA) is 64.1 Å². The largest absolute Gasteiger partial charge is 0.372 e. The van der Waals surface area contributed by atoms with Gasteiger partial charge >= 0.3 is 0 Å². The number of hydrogen-bond acceptors (Lipinski definition) is 4. The number of aromatic nitrogens is 2. The molecule has 0 saturated carbocycles. The molecule has 0 aliphatic heterocycles. The highest BCUT2D eigenvalue weighted by molar-refractivity contribution is 5.90. The van der Waals surface area contributed by atoms with Gasteiger partial charge in [-0.05, 0) is 6.92 Å². The summed E-state index contributed by atoms with van der Waals surface area (Å²) in [5.74, 6) is 0.217. The SMILES string of the molecule is CCOCC(=O)Nc1cnccn1. The molecule has 1 rings (SSSR count). The van der Waals surface area contributed by atoms with Crippen molar-refractivity contribution in [3.8, 4) is 0 Å². The summed E-state index contributed by atoms with van der Waals surface area (Å²) in [5, 5.41) is 2.54. The minimum absolute atomic E-state index is 0.0487. The van der Waals surface area contributed by atoms with Gasteiger partial charge in [0.2, 0.25) is 0 Å². The number of nitrogens with one attached hydrogen (secondary N) is 1. The van der Waals surface area contributed by atoms with Crippen LogP contribution in [-0.2, 0) is 9.53 Å². The molecule has 70 valence electrons. The molecule has 5 heteroatoms. The molecule has 1 heterocycles. The van der Waals surface area contributed by atoms with Crippen LogP contribution in [0.1, 0.15) is 6.92 Å². The Balaban J connectivity index is 2.37. The lowest BCUT2D eigenvalue weighted by Gasteiger charge is -2.02. The first-order chi connectivity index (χ1) is 6.33. The highest BCUT2D eigenvalue weighted by atomic mass is 16.5. The van der Waals surface area contributed by atoms with Gasteiger partial charge in [-0.1, -0.05) is 0 Å². The van der Waals surface area contributed by atoms with Gasteiger partial charge < -0.3 is 10.1 Å². The van der Waals surface area contributed by atoms with Crippen molar-refractivity contribution in [3.63, 3.8) is 0 Å². The van der Waals surface area contributed by atoms with E-state index < -0.39 is 0 Å². The Morgan fingerprint density at radius 1 is 1.62 bits per heavy atom. The van der Waals surface area contributed by atoms with Gasteiger partial charge in [0.05, 0.1) is 6.20 Å². The molecule has 0 fully saturated rings. The first kappa shape index (κ1) is 9.60. The standard InChI is InChI=1S/C8H11N3O2/c1-2-13-6-8(12)11-7-5-9-3-4-10-7/h3-5H,2,6H2,1H3,(H,10,11,12). The molecule has 1 amide bonds. The second kappa shape index (κ2) is 5.21. The van der Waals surface area contributed by atoms with Gasteiger partial charge in [-0.3, -0.25) is 9.78 Å². The van der Waals surface area contributed by atoms with Crippen LogP contribution < -0.4 is 5.32 Å². The number of hydrogen-bond donors (Lipinski definition) is 1. The minimum Gasteiger partial charge on any atom is -0.372 e. The van der Waals surface area contributed by atoms with Gasteiger partial charge in [-0.25, -0.2) is 4.98 Å². The van der Waals surface area contributed by atoms with Gasteiger partial charge in [0.1, 0.15) is 6.61 Å². The van der Waals surface area contributed by atoms with E-state index in [2.05, 4.69) is 15.3 Å². The average molecular weight is 181 g/mol. The highest BCUT2D eigenvalue weighted by Crippen LogP contribution is 1.96. The zero-order valence-electron chi connectivity index (χ0n) is 7.36. The summed E-state index contributed by atoms with van der Waals surface area (Å²) in [5.41, 5.74) is 0. The molecule has 13 heavy (non-hydrogen) atoms. The average Bonchev–Trinajstić information content (AvgIpc) is 2.16. The summed E-state index contributed by atoms with van der Waals surface area (Å²) in [7, 11) is 0. The Hall–Kier alpha value is -1.49. The lowest BCUT2D eigenvalue weighted by molar-refractivity contribution is -0.120. The van der Waals surface area contributed by atoms with Crippen molar-refractivity contribution in [2.24, 2.45) is 0 Å². The van der Waals surface area contributed by atoms with E-state index in [9.17, 15) is 4.79 Å². The third-order valence-corrected chi connectivity index (χ3v) is 1.27. The maximum Gasteiger partial charge on any atom is 0.251 e. The second-order valence-electron chi connectivity index (χ2n) is 2.28. The Morgan fingerprint density at radius 3 is 3.08 bits per heavy atom. The molecular formula is C8H11N3O2. The Labute approximate surface area is 76.2 Å². The van der Waals surface area contributed by atoms with Crippen LogP contribution in [0.4, 0.5) is 5.82 Å². The maximum atomic E-state index is 11.1. The summed E-state index contributed by atoms with van der Waals surface area (Å²) in [6, 6.07) is 0. The minimum atomic E-state index is -0.220. The third kappa shape index (κ3) is 3.62. The molecular weight excluding hydrogens is 170 g/mol. The zero-order chi connectivity index (χ0) is 9.52. The van der Waals surface area contributed by atoms with E-state index in [-0.39, 0.29) is 12.5 Å². The summed E-state index contributed by atoms with van der Waals surface area (Å²) in [6.07, 6.45) is 4.53. The lowest BCUT2D eigenvalue weighted by atomic mass is 10.6. The van der Waals surface area contributed by atoms with Crippen LogP contribution in [0.2, 0.25) is 0 Å². The first-order valence-electron chi connectivity index (χ1n) is 3.96. The highest BCUT2D eigenvalue weighted by Gasteiger charge is 2.01. The lowest BCUT2D eigenvalue weighted by Crippen LogP contribution is -2.18. The van der Waals surface area contributed by atoms with Gasteiger partial charge in [0, 0.05) is 19.0 Å². The smallest absolute Gasteiger partial charge is 0.251 e. The molecule has 0 atom stereocenters. The number of anilines is 1. The van der Waals surface area contributed by atoms with E-state index in [0.717, 1.165) is 0 Å². The van der Waals surface area contributed by atoms with Crippen LogP contribution in [0, 0.1) is 0 Å². The van der Waals surface area contributed by atoms with E-state index in [0.29, 0.717) is 12.4 Å². The second-order valence-corrected chi connectivity index (χ2v) is 2.28. The van der Waals surface area contributed by atoms with Crippen LogP contribution in [0.25, 0.3) is 0 Å². The van der Waals surface area contributed by atoms with E-state index in [4.69, 9.17) is 4.74 Å². The monoisotopic (exact) mass is 181 g/mol. The van der Waals surface area contributed by atoms with Crippen molar-refractivity contribution in [1.82, 2.24) is 9.97 Å². The molecule has 0 spiro atoms. The zero-order valence-corrected chi connectivity index (χ0v) is 7.36. The Kier molecular flexibility index (Phi) is 3.84. The predicted octanol–water partition coefficient (Wildman–Crippen LogP) is 0.452. The third-order valence-electron chi connectivity index (χ3n) is 1.27. The van der Waals surface area contributed by atoms with E-state index in [1.54, 1.807) is 0 Å². The van der Waals surface area contributed by atoms with Crippen LogP contribution in [-0.4, -0.2) is 29.1 Å². The van der Waals surface area contributed by atoms with Gasteiger partial charge in [-0.2, -0.15) is 0 Å². The number of carbonyl (C=O) groups is 1. The van der Waals surface area contributed by atoms with Crippen LogP contribution in [0.5, 0.6) is 0 Å². The van der Waals surface area contributed by atoms with Crippen molar-refractivity contribution in [2.75, 3.05) is 18.5 Å². The number of amides is 1. The van der Waals surface area contributed by atoms with Gasteiger partial charge in [0.25, 0.3) is 5.91 Å². The molecule has 1 N–H and O–H groups in total. The van der Waals surface area contributed by atoms with E-state index in [1.165, 1.54) is 18.6 Å². The van der Waals surface area contributed by atoms with E-state index >= 15 is 0 Å². The molecule has 0 radical (unpaired) electrons. The molecule has 0 aromatic carbocycles. The predicted molar refractivity (Wildman–Crippen MR) is 47.2 cm³/mol. The molecule has 0 saturated heterocycles. The number of ether oxygens (including phenoxy) is 1. The van der Waals surface area contributed by atoms with Crippen molar-refractivity contribution in [2.45, 2.75) is 6.92 Å². The fourth-order valence-electron chi connectivity index (χ4n) is 0.737. The van der Waals surface area contributed by atoms with Crippen molar-refractivity contribution >= 4 is 11.7 Å². The Morgan fingerprint density at radius 2 is 2.46 bits per heavy atom. The summed E-state index contributed by atoms with van der Waals surface area (Å²) in [6.45, 7) is 2.40. The molecule has 0 aliphatic rings. The van der Waals surface area contributed by atoms with Gasteiger partial charge in [-0.15, -0.1) is 0 Å². The van der Waals surface area contributed by atoms with Crippen molar-refractivity contribution in [1.29, 1.82) is 0 Å². The summed E-state index contributed by atoms with van der Waals surface area (Å²) >= 11 is 0. The molecule has 5 nitrogen and oxygen atoms in total. The Bertz CT molecular complexity index is 263. The molecule has 0 bridgehead atoms. The van der Waals surface area contributed by atoms with Crippen molar-refractivity contribution < 1.29 is 9.53 Å². The summed E-state index contributed by atoms with van der Waals surface area (Å²) < 4.78 is 4.91. The molecule has 0 unspecified atom stereocenters. The van der Waals surface area contributed by atoms with Crippen LogP contribution in [0.3, 0.4) is 0 Å². The van der Waals surface area contributed by atoms with Crippen LogP contribution in [0.15, 0.2) is 18.6 Å². The number of nitrogens with zero attached hydrogens (tertiary/aromatic N) is 2. The molecule has 1 aromatic rings.